The van der Waals surface area contributed by atoms with Gasteiger partial charge in [0.15, 0.2) is 5.76 Å². The molecule has 4 rings (SSSR count). The predicted octanol–water partition coefficient (Wildman–Crippen LogP) is 4.36. The van der Waals surface area contributed by atoms with Crippen molar-refractivity contribution in [1.29, 1.82) is 0 Å². The number of carbonyl (C=O) groups is 1. The number of hydrogen-bond acceptors (Lipinski definition) is 5. The predicted molar refractivity (Wildman–Crippen MR) is 99.2 cm³/mol. The Bertz CT molecular complexity index is 847. The lowest BCUT2D eigenvalue weighted by Crippen LogP contribution is -2.29. The van der Waals surface area contributed by atoms with Crippen molar-refractivity contribution in [2.24, 2.45) is 0 Å². The zero-order valence-corrected chi connectivity index (χ0v) is 15.1. The Labute approximate surface area is 151 Å². The number of fused-ring (bicyclic) bond motifs is 1. The summed E-state index contributed by atoms with van der Waals surface area (Å²) in [6.07, 6.45) is 5.43. The normalized spacial score (nSPS) is 19.2. The fourth-order valence-corrected chi connectivity index (χ4v) is 4.29. The second-order valence-electron chi connectivity index (χ2n) is 6.68. The summed E-state index contributed by atoms with van der Waals surface area (Å²) in [5, 5.41) is 12.3. The van der Waals surface area contributed by atoms with Crippen LogP contribution >= 0.6 is 11.3 Å². The molecule has 4 nitrogen and oxygen atoms in total. The van der Waals surface area contributed by atoms with Crippen LogP contribution in [0.2, 0.25) is 0 Å². The molecular weight excluding hydrogens is 334 g/mol. The first kappa shape index (κ1) is 16.4. The fraction of sp³-hybridized carbons (Fsp3) is 0.350. The van der Waals surface area contributed by atoms with Gasteiger partial charge in [0, 0.05) is 17.5 Å². The third kappa shape index (κ3) is 3.10. The van der Waals surface area contributed by atoms with Crippen LogP contribution in [-0.2, 0) is 6.54 Å². The molecule has 0 unspecified atom stereocenters. The maximum Gasteiger partial charge on any atom is 0.232 e. The highest BCUT2D eigenvalue weighted by atomic mass is 32.1. The molecule has 1 aromatic carbocycles. The molecule has 0 spiro atoms. The molecule has 0 saturated carbocycles. The maximum atomic E-state index is 12.7. The van der Waals surface area contributed by atoms with Crippen molar-refractivity contribution in [1.82, 2.24) is 4.90 Å². The molecule has 1 aromatic heterocycles. The summed E-state index contributed by atoms with van der Waals surface area (Å²) >= 11 is 1.59. The summed E-state index contributed by atoms with van der Waals surface area (Å²) in [5.74, 6) is 0.954. The van der Waals surface area contributed by atoms with Gasteiger partial charge in [-0.15, -0.1) is 11.3 Å². The topological polar surface area (TPSA) is 49.8 Å². The minimum absolute atomic E-state index is 0.109. The lowest BCUT2D eigenvalue weighted by Gasteiger charge is -2.27. The van der Waals surface area contributed by atoms with E-state index in [4.69, 9.17) is 4.74 Å². The average Bonchev–Trinajstić information content (AvgIpc) is 3.16. The van der Waals surface area contributed by atoms with Gasteiger partial charge in [-0.1, -0.05) is 6.42 Å². The zero-order valence-electron chi connectivity index (χ0n) is 14.2. The highest BCUT2D eigenvalue weighted by molar-refractivity contribution is 7.11. The van der Waals surface area contributed by atoms with Crippen molar-refractivity contribution in [2.75, 3.05) is 13.1 Å². The largest absolute Gasteiger partial charge is 0.507 e. The van der Waals surface area contributed by atoms with E-state index >= 15 is 0 Å². The molecule has 1 N–H and O–H groups in total. The quantitative estimate of drug-likeness (QED) is 0.831. The van der Waals surface area contributed by atoms with E-state index in [0.29, 0.717) is 23.6 Å². The Hall–Kier alpha value is -2.11. The molecule has 130 valence electrons. The van der Waals surface area contributed by atoms with Crippen LogP contribution in [-0.4, -0.2) is 28.9 Å². The van der Waals surface area contributed by atoms with Gasteiger partial charge in [0.05, 0.1) is 11.1 Å². The number of Topliss-reactive ketones (excluding diaryl/α,β-unsaturated/α-hetero) is 1. The van der Waals surface area contributed by atoms with E-state index in [-0.39, 0.29) is 11.5 Å². The summed E-state index contributed by atoms with van der Waals surface area (Å²) in [6, 6.07) is 5.30. The molecule has 1 saturated heterocycles. The fourth-order valence-electron chi connectivity index (χ4n) is 3.44. The van der Waals surface area contributed by atoms with Gasteiger partial charge in [0.25, 0.3) is 0 Å². The van der Waals surface area contributed by atoms with E-state index in [1.54, 1.807) is 23.5 Å². The van der Waals surface area contributed by atoms with E-state index < -0.39 is 0 Å². The van der Waals surface area contributed by atoms with Crippen LogP contribution in [0.25, 0.3) is 6.08 Å². The van der Waals surface area contributed by atoms with E-state index in [9.17, 15) is 9.90 Å². The number of carbonyl (C=O) groups excluding carboxylic acids is 1. The van der Waals surface area contributed by atoms with Gasteiger partial charge in [-0.05, 0) is 62.0 Å². The van der Waals surface area contributed by atoms with Gasteiger partial charge in [-0.25, -0.2) is 0 Å². The van der Waals surface area contributed by atoms with Crippen LogP contribution in [0, 0.1) is 6.92 Å². The van der Waals surface area contributed by atoms with Crippen LogP contribution in [0.3, 0.4) is 0 Å². The molecule has 5 heteroatoms. The van der Waals surface area contributed by atoms with Crippen LogP contribution < -0.4 is 4.74 Å². The lowest BCUT2D eigenvalue weighted by atomic mass is 10.0. The smallest absolute Gasteiger partial charge is 0.232 e. The summed E-state index contributed by atoms with van der Waals surface area (Å²) < 4.78 is 5.93. The summed E-state index contributed by atoms with van der Waals surface area (Å²) in [5.41, 5.74) is 2.39. The van der Waals surface area contributed by atoms with Crippen LogP contribution in [0.5, 0.6) is 11.5 Å². The maximum absolute atomic E-state index is 12.7. The number of benzene rings is 1. The minimum atomic E-state index is -0.109. The monoisotopic (exact) mass is 355 g/mol. The second-order valence-corrected chi connectivity index (χ2v) is 7.63. The minimum Gasteiger partial charge on any atom is -0.507 e. The third-order valence-electron chi connectivity index (χ3n) is 4.91. The molecule has 2 aromatic rings. The first-order valence-electron chi connectivity index (χ1n) is 8.69. The first-order valence-corrected chi connectivity index (χ1v) is 9.57. The van der Waals surface area contributed by atoms with Gasteiger partial charge in [0.2, 0.25) is 5.78 Å². The molecule has 0 amide bonds. The highest BCUT2D eigenvalue weighted by Gasteiger charge is 2.32. The van der Waals surface area contributed by atoms with Crippen molar-refractivity contribution in [3.05, 3.63) is 50.9 Å². The molecule has 2 aliphatic heterocycles. The lowest BCUT2D eigenvalue weighted by molar-refractivity contribution is 0.101. The van der Waals surface area contributed by atoms with Crippen LogP contribution in [0.4, 0.5) is 0 Å². The van der Waals surface area contributed by atoms with E-state index in [1.165, 1.54) is 19.3 Å². The number of phenolic OH excluding ortho intramolecular Hbond substituents is 1. The number of aryl methyl sites for hydroxylation is 1. The molecule has 0 aliphatic carbocycles. The number of phenols is 1. The Kier molecular flexibility index (Phi) is 4.36. The first-order chi connectivity index (χ1) is 12.1. The number of likely N-dealkylation sites (tertiary alicyclic amines) is 1. The van der Waals surface area contributed by atoms with Crippen molar-refractivity contribution >= 4 is 23.2 Å². The standard InChI is InChI=1S/C20H21NO3S/c1-13-7-10-25-18(13)11-17-19(23)14-5-6-16(22)15(20(14)24-17)12-21-8-3-2-4-9-21/h5-7,10-11,22H,2-4,8-9,12H2,1H3/b17-11+. The highest BCUT2D eigenvalue weighted by Crippen LogP contribution is 2.40. The van der Waals surface area contributed by atoms with Gasteiger partial charge >= 0.3 is 0 Å². The SMILES string of the molecule is Cc1ccsc1/C=C1/Oc2c(ccc(O)c2CN2CCCCC2)C1=O. The van der Waals surface area contributed by atoms with E-state index in [1.807, 2.05) is 24.4 Å². The number of thiophene rings is 1. The number of ketones is 1. The number of hydrogen-bond donors (Lipinski definition) is 1. The van der Waals surface area contributed by atoms with Gasteiger partial charge in [-0.3, -0.25) is 9.69 Å². The van der Waals surface area contributed by atoms with Crippen molar-refractivity contribution in [2.45, 2.75) is 32.7 Å². The van der Waals surface area contributed by atoms with Crippen LogP contribution in [0.1, 0.15) is 45.6 Å². The summed E-state index contributed by atoms with van der Waals surface area (Å²) in [4.78, 5) is 16.0. The molecule has 0 bridgehead atoms. The Morgan fingerprint density at radius 1 is 1.24 bits per heavy atom. The second kappa shape index (κ2) is 6.65. The van der Waals surface area contributed by atoms with E-state index in [2.05, 4.69) is 4.90 Å². The van der Waals surface area contributed by atoms with Gasteiger partial charge in [-0.2, -0.15) is 0 Å². The van der Waals surface area contributed by atoms with Crippen molar-refractivity contribution in [3.8, 4) is 11.5 Å². The molecule has 0 atom stereocenters. The number of nitrogens with zero attached hydrogens (tertiary/aromatic N) is 1. The third-order valence-corrected chi connectivity index (χ3v) is 5.88. The number of aromatic hydroxyl groups is 1. The average molecular weight is 355 g/mol. The zero-order chi connectivity index (χ0) is 17.4. The summed E-state index contributed by atoms with van der Waals surface area (Å²) in [7, 11) is 0. The van der Waals surface area contributed by atoms with Gasteiger partial charge in [0.1, 0.15) is 11.5 Å². The molecule has 1 fully saturated rings. The van der Waals surface area contributed by atoms with Crippen molar-refractivity contribution < 1.29 is 14.6 Å². The molecule has 25 heavy (non-hydrogen) atoms. The summed E-state index contributed by atoms with van der Waals surface area (Å²) in [6.45, 7) is 4.68. The number of allylic oxidation sites excluding steroid dienone is 1. The Balaban J connectivity index is 1.67. The Morgan fingerprint density at radius 2 is 2.04 bits per heavy atom. The molecule has 3 heterocycles. The van der Waals surface area contributed by atoms with Crippen LogP contribution in [0.15, 0.2) is 29.3 Å². The number of ether oxygens (including phenoxy) is 1. The number of rotatable bonds is 3. The Morgan fingerprint density at radius 3 is 2.76 bits per heavy atom. The number of piperidine rings is 1. The molecular formula is C20H21NO3S. The molecule has 0 radical (unpaired) electrons. The van der Waals surface area contributed by atoms with Crippen molar-refractivity contribution in [3.63, 3.8) is 0 Å². The van der Waals surface area contributed by atoms with Gasteiger partial charge < -0.3 is 9.84 Å². The van der Waals surface area contributed by atoms with E-state index in [0.717, 1.165) is 29.1 Å². The molecule has 2 aliphatic rings.